The number of likely N-dealkylation sites (tertiary alicyclic amines) is 2. The Morgan fingerprint density at radius 2 is 2.05 bits per heavy atom. The van der Waals surface area contributed by atoms with Crippen molar-refractivity contribution in [2.24, 2.45) is 0 Å². The van der Waals surface area contributed by atoms with E-state index in [-0.39, 0.29) is 0 Å². The van der Waals surface area contributed by atoms with E-state index in [4.69, 9.17) is 4.74 Å². The fourth-order valence-corrected chi connectivity index (χ4v) is 3.21. The first-order valence-electron chi connectivity index (χ1n) is 7.16. The summed E-state index contributed by atoms with van der Waals surface area (Å²) in [4.78, 5) is 9.67. The lowest BCUT2D eigenvalue weighted by Gasteiger charge is -2.57. The number of piperazine rings is 1. The van der Waals surface area contributed by atoms with Crippen LogP contribution in [0.2, 0.25) is 0 Å². The Hall–Kier alpha value is -1.13. The highest BCUT2D eigenvalue weighted by Crippen LogP contribution is 2.34. The van der Waals surface area contributed by atoms with Gasteiger partial charge in [0.1, 0.15) is 5.75 Å². The van der Waals surface area contributed by atoms with Crippen molar-refractivity contribution in [2.75, 3.05) is 20.2 Å². The molecule has 19 heavy (non-hydrogen) atoms. The number of pyridine rings is 1. The number of hydrogen-bond donors (Lipinski definition) is 0. The van der Waals surface area contributed by atoms with Gasteiger partial charge in [0, 0.05) is 37.8 Å². The molecule has 2 bridgehead atoms. The van der Waals surface area contributed by atoms with E-state index in [0.717, 1.165) is 30.1 Å². The lowest BCUT2D eigenvalue weighted by Crippen LogP contribution is -2.68. The molecule has 0 amide bonds. The van der Waals surface area contributed by atoms with E-state index in [1.165, 1.54) is 19.5 Å². The van der Waals surface area contributed by atoms with Crippen LogP contribution >= 0.6 is 0 Å². The predicted molar refractivity (Wildman–Crippen MR) is 75.2 cm³/mol. The van der Waals surface area contributed by atoms with E-state index in [9.17, 15) is 0 Å². The third kappa shape index (κ3) is 2.47. The van der Waals surface area contributed by atoms with Gasteiger partial charge >= 0.3 is 0 Å². The van der Waals surface area contributed by atoms with Gasteiger partial charge in [-0.3, -0.25) is 14.8 Å². The Morgan fingerprint density at radius 3 is 2.58 bits per heavy atom. The number of nitrogens with zero attached hydrogens (tertiary/aromatic N) is 3. The van der Waals surface area contributed by atoms with Crippen molar-refractivity contribution in [1.82, 2.24) is 14.8 Å². The van der Waals surface area contributed by atoms with E-state index < -0.39 is 0 Å². The third-order valence-electron chi connectivity index (χ3n) is 4.48. The molecule has 0 radical (unpaired) electrons. The molecular formula is C15H23N3O. The highest BCUT2D eigenvalue weighted by molar-refractivity contribution is 5.20. The minimum Gasteiger partial charge on any atom is -0.495 e. The van der Waals surface area contributed by atoms with Gasteiger partial charge in [0.15, 0.2) is 0 Å². The van der Waals surface area contributed by atoms with Gasteiger partial charge in [0.25, 0.3) is 0 Å². The van der Waals surface area contributed by atoms with Crippen LogP contribution in [0.1, 0.15) is 26.0 Å². The largest absolute Gasteiger partial charge is 0.495 e. The van der Waals surface area contributed by atoms with Crippen LogP contribution in [-0.2, 0) is 6.54 Å². The van der Waals surface area contributed by atoms with Gasteiger partial charge in [-0.25, -0.2) is 0 Å². The first-order chi connectivity index (χ1) is 9.17. The monoisotopic (exact) mass is 261 g/mol. The number of hydrogen-bond acceptors (Lipinski definition) is 4. The average molecular weight is 261 g/mol. The summed E-state index contributed by atoms with van der Waals surface area (Å²) in [5.74, 6) is 0.832. The van der Waals surface area contributed by atoms with Crippen molar-refractivity contribution in [3.8, 4) is 5.75 Å². The first-order valence-corrected chi connectivity index (χ1v) is 7.16. The van der Waals surface area contributed by atoms with Gasteiger partial charge in [-0.05, 0) is 32.4 Å². The van der Waals surface area contributed by atoms with Gasteiger partial charge in [0.2, 0.25) is 0 Å². The number of methoxy groups -OCH3 is 1. The van der Waals surface area contributed by atoms with Crippen LogP contribution in [0.15, 0.2) is 18.3 Å². The summed E-state index contributed by atoms with van der Waals surface area (Å²) < 4.78 is 5.15. The van der Waals surface area contributed by atoms with Gasteiger partial charge in [0.05, 0.1) is 19.0 Å². The van der Waals surface area contributed by atoms with Crippen molar-refractivity contribution in [2.45, 2.75) is 44.9 Å². The maximum Gasteiger partial charge on any atom is 0.137 e. The minimum atomic E-state index is 0.673. The van der Waals surface area contributed by atoms with Crippen molar-refractivity contribution in [3.05, 3.63) is 24.0 Å². The summed E-state index contributed by atoms with van der Waals surface area (Å²) in [7, 11) is 1.68. The molecule has 0 spiro atoms. The topological polar surface area (TPSA) is 28.6 Å². The lowest BCUT2D eigenvalue weighted by atomic mass is 9.86. The van der Waals surface area contributed by atoms with Crippen LogP contribution in [-0.4, -0.2) is 53.1 Å². The zero-order valence-electron chi connectivity index (χ0n) is 12.0. The molecule has 104 valence electrons. The van der Waals surface area contributed by atoms with Gasteiger partial charge in [-0.15, -0.1) is 0 Å². The molecule has 2 aliphatic rings. The van der Waals surface area contributed by atoms with Crippen molar-refractivity contribution < 1.29 is 4.74 Å². The SMILES string of the molecule is COc1ccc(CN2C3CC2CN(C(C)C)C3)nc1. The van der Waals surface area contributed by atoms with Crippen LogP contribution in [0, 0.1) is 0 Å². The molecule has 1 aromatic heterocycles. The summed E-state index contributed by atoms with van der Waals surface area (Å²) in [5, 5.41) is 0. The molecule has 0 N–H and O–H groups in total. The van der Waals surface area contributed by atoms with Gasteiger partial charge in [-0.2, -0.15) is 0 Å². The molecule has 2 atom stereocenters. The molecule has 2 aliphatic heterocycles. The number of fused-ring (bicyclic) bond motifs is 2. The van der Waals surface area contributed by atoms with Crippen LogP contribution < -0.4 is 4.74 Å². The first kappa shape index (κ1) is 12.9. The maximum atomic E-state index is 5.15. The molecule has 2 saturated heterocycles. The summed E-state index contributed by atoms with van der Waals surface area (Å²) >= 11 is 0. The molecule has 0 saturated carbocycles. The Kier molecular flexibility index (Phi) is 3.46. The van der Waals surface area contributed by atoms with Crippen LogP contribution in [0.25, 0.3) is 0 Å². The quantitative estimate of drug-likeness (QED) is 0.826. The Bertz CT molecular complexity index is 420. The maximum absolute atomic E-state index is 5.15. The van der Waals surface area contributed by atoms with E-state index >= 15 is 0 Å². The molecule has 4 heteroatoms. The fraction of sp³-hybridized carbons (Fsp3) is 0.667. The molecule has 0 aliphatic carbocycles. The Labute approximate surface area is 115 Å². The second kappa shape index (κ2) is 5.10. The molecule has 4 nitrogen and oxygen atoms in total. The fourth-order valence-electron chi connectivity index (χ4n) is 3.21. The number of aromatic nitrogens is 1. The Morgan fingerprint density at radius 1 is 1.32 bits per heavy atom. The van der Waals surface area contributed by atoms with Gasteiger partial charge < -0.3 is 4.74 Å². The molecule has 3 rings (SSSR count). The van der Waals surface area contributed by atoms with Crippen LogP contribution in [0.4, 0.5) is 0 Å². The van der Waals surface area contributed by atoms with Crippen molar-refractivity contribution in [1.29, 1.82) is 0 Å². The zero-order chi connectivity index (χ0) is 13.4. The normalized spacial score (nSPS) is 27.4. The minimum absolute atomic E-state index is 0.673. The number of ether oxygens (including phenoxy) is 1. The van der Waals surface area contributed by atoms with Crippen molar-refractivity contribution >= 4 is 0 Å². The summed E-state index contributed by atoms with van der Waals surface area (Å²) in [6, 6.07) is 6.20. The summed E-state index contributed by atoms with van der Waals surface area (Å²) in [6.45, 7) is 7.99. The Balaban J connectivity index is 1.60. The molecule has 1 aromatic rings. The van der Waals surface area contributed by atoms with Crippen molar-refractivity contribution in [3.63, 3.8) is 0 Å². The molecule has 0 aromatic carbocycles. The number of rotatable bonds is 4. The second-order valence-corrected chi connectivity index (χ2v) is 5.95. The second-order valence-electron chi connectivity index (χ2n) is 5.95. The van der Waals surface area contributed by atoms with E-state index in [1.54, 1.807) is 7.11 Å². The third-order valence-corrected chi connectivity index (χ3v) is 4.48. The summed E-state index contributed by atoms with van der Waals surface area (Å²) in [6.07, 6.45) is 3.17. The molecular weight excluding hydrogens is 238 g/mol. The van der Waals surface area contributed by atoms with E-state index in [2.05, 4.69) is 34.7 Å². The highest BCUT2D eigenvalue weighted by atomic mass is 16.5. The average Bonchev–Trinajstić information content (AvgIpc) is 2.45. The lowest BCUT2D eigenvalue weighted by molar-refractivity contribution is -0.0841. The van der Waals surface area contributed by atoms with E-state index in [0.29, 0.717) is 6.04 Å². The van der Waals surface area contributed by atoms with E-state index in [1.807, 2.05) is 12.3 Å². The van der Waals surface area contributed by atoms with Crippen LogP contribution in [0.5, 0.6) is 5.75 Å². The predicted octanol–water partition coefficient (Wildman–Crippen LogP) is 1.76. The number of piperidine rings is 1. The standard InChI is InChI=1S/C15H23N3O/c1-11(2)17-9-13-6-14(10-17)18(13)8-12-4-5-15(19-3)7-16-12/h4-5,7,11,13-14H,6,8-10H2,1-3H3. The summed E-state index contributed by atoms with van der Waals surface area (Å²) in [5.41, 5.74) is 1.15. The van der Waals surface area contributed by atoms with Crippen LogP contribution in [0.3, 0.4) is 0 Å². The molecule has 2 fully saturated rings. The molecule has 2 unspecified atom stereocenters. The zero-order valence-corrected chi connectivity index (χ0v) is 12.0. The van der Waals surface area contributed by atoms with Gasteiger partial charge in [-0.1, -0.05) is 0 Å². The highest BCUT2D eigenvalue weighted by Gasteiger charge is 2.44. The molecule has 3 heterocycles. The smallest absolute Gasteiger partial charge is 0.137 e.